The summed E-state index contributed by atoms with van der Waals surface area (Å²) >= 11 is 0. The molecule has 1 amide bonds. The van der Waals surface area contributed by atoms with Crippen LogP contribution in [0.3, 0.4) is 0 Å². The zero-order chi connectivity index (χ0) is 23.1. The summed E-state index contributed by atoms with van der Waals surface area (Å²) in [6.07, 6.45) is 2.19. The topological polar surface area (TPSA) is 88.5 Å². The third kappa shape index (κ3) is 6.12. The molecule has 0 saturated heterocycles. The fourth-order valence-corrected chi connectivity index (χ4v) is 4.28. The van der Waals surface area contributed by atoms with E-state index in [9.17, 15) is 22.4 Å². The maximum atomic E-state index is 13.0. The third-order valence-corrected chi connectivity index (χ3v) is 6.76. The molecular weight excluding hydrogens is 433 g/mol. The predicted octanol–water partition coefficient (Wildman–Crippen LogP) is 3.08. The van der Waals surface area contributed by atoms with Gasteiger partial charge in [0.1, 0.15) is 5.82 Å². The molecule has 0 spiro atoms. The lowest BCUT2D eigenvalue weighted by atomic mass is 10.2. The van der Waals surface area contributed by atoms with E-state index >= 15 is 0 Å². The lowest BCUT2D eigenvalue weighted by Gasteiger charge is -2.17. The average molecular weight is 458 g/mol. The Balaban J connectivity index is 1.48. The molecule has 0 bridgehead atoms. The highest BCUT2D eigenvalue weighted by Gasteiger charge is 2.20. The van der Waals surface area contributed by atoms with Gasteiger partial charge in [-0.3, -0.25) is 9.59 Å². The fraction of sp³-hybridized carbons (Fsp3) is 0.217. The second kappa shape index (κ2) is 10.3. The van der Waals surface area contributed by atoms with E-state index in [2.05, 4.69) is 5.32 Å². The number of nitrogens with zero attached hydrogens (tertiary/aromatic N) is 2. The Morgan fingerprint density at radius 1 is 1.03 bits per heavy atom. The highest BCUT2D eigenvalue weighted by atomic mass is 32.2. The molecule has 7 nitrogen and oxygen atoms in total. The quantitative estimate of drug-likeness (QED) is 0.535. The van der Waals surface area contributed by atoms with Crippen LogP contribution in [-0.2, 0) is 21.4 Å². The van der Waals surface area contributed by atoms with Gasteiger partial charge in [-0.2, -0.15) is 0 Å². The average Bonchev–Trinajstić information content (AvgIpc) is 2.77. The van der Waals surface area contributed by atoms with Crippen molar-refractivity contribution in [2.45, 2.75) is 24.3 Å². The highest BCUT2D eigenvalue weighted by molar-refractivity contribution is 7.89. The normalized spacial score (nSPS) is 11.5. The Morgan fingerprint density at radius 3 is 2.38 bits per heavy atom. The molecule has 0 unspecified atom stereocenters. The maximum Gasteiger partial charge on any atom is 0.250 e. The van der Waals surface area contributed by atoms with E-state index in [1.54, 1.807) is 35.0 Å². The van der Waals surface area contributed by atoms with Crippen molar-refractivity contribution in [3.8, 4) is 0 Å². The molecular formula is C23H24FN3O4S. The molecule has 0 saturated carbocycles. The first-order chi connectivity index (χ1) is 15.3. The molecule has 32 heavy (non-hydrogen) atoms. The van der Waals surface area contributed by atoms with Gasteiger partial charge >= 0.3 is 0 Å². The number of hydrogen-bond acceptors (Lipinski definition) is 4. The molecule has 3 aromatic rings. The lowest BCUT2D eigenvalue weighted by Crippen LogP contribution is -2.28. The summed E-state index contributed by atoms with van der Waals surface area (Å²) in [5, 5.41) is 2.78. The van der Waals surface area contributed by atoms with Crippen LogP contribution in [0.4, 0.5) is 10.1 Å². The number of carbonyl (C=O) groups excluding carboxylic acids is 1. The van der Waals surface area contributed by atoms with Gasteiger partial charge in [0.25, 0.3) is 5.56 Å². The first kappa shape index (κ1) is 23.4. The van der Waals surface area contributed by atoms with Gasteiger partial charge in [-0.1, -0.05) is 18.2 Å². The van der Waals surface area contributed by atoms with Gasteiger partial charge < -0.3 is 9.88 Å². The molecule has 0 aliphatic rings. The van der Waals surface area contributed by atoms with Gasteiger partial charge in [0.2, 0.25) is 15.9 Å². The van der Waals surface area contributed by atoms with Gasteiger partial charge in [0.15, 0.2) is 0 Å². The number of carbonyl (C=O) groups is 1. The largest absolute Gasteiger partial charge is 0.326 e. The molecule has 168 valence electrons. The Labute approximate surface area is 186 Å². The standard InChI is InChI=1S/C23H24FN3O4S/c1-26(32(30,31)21-13-9-19(24)10-14-21)15-4-5-22(28)25-20-11-7-18(8-12-20)17-27-16-3-2-6-23(27)29/h2-3,6-14,16H,4-5,15,17H2,1H3,(H,25,28). The Morgan fingerprint density at radius 2 is 1.72 bits per heavy atom. The zero-order valence-corrected chi connectivity index (χ0v) is 18.4. The number of pyridine rings is 1. The summed E-state index contributed by atoms with van der Waals surface area (Å²) in [5.41, 5.74) is 1.45. The maximum absolute atomic E-state index is 13.0. The van der Waals surface area contributed by atoms with Crippen LogP contribution in [-0.4, -0.2) is 36.8 Å². The van der Waals surface area contributed by atoms with Crippen LogP contribution in [0, 0.1) is 5.82 Å². The van der Waals surface area contributed by atoms with Crippen molar-refractivity contribution in [2.24, 2.45) is 0 Å². The summed E-state index contributed by atoms with van der Waals surface area (Å²) < 4.78 is 40.7. The van der Waals surface area contributed by atoms with Crippen LogP contribution in [0.15, 0.2) is 82.6 Å². The first-order valence-electron chi connectivity index (χ1n) is 10.0. The number of halogens is 1. The van der Waals surface area contributed by atoms with Crippen molar-refractivity contribution >= 4 is 21.6 Å². The van der Waals surface area contributed by atoms with Crippen molar-refractivity contribution in [1.29, 1.82) is 0 Å². The van der Waals surface area contributed by atoms with E-state index in [1.807, 2.05) is 12.1 Å². The van der Waals surface area contributed by atoms with Crippen LogP contribution in [0.25, 0.3) is 0 Å². The second-order valence-electron chi connectivity index (χ2n) is 7.30. The van der Waals surface area contributed by atoms with E-state index in [0.717, 1.165) is 22.0 Å². The van der Waals surface area contributed by atoms with Gasteiger partial charge in [-0.15, -0.1) is 0 Å². The number of aromatic nitrogens is 1. The Bertz CT molecular complexity index is 1220. The third-order valence-electron chi connectivity index (χ3n) is 4.89. The molecule has 0 fully saturated rings. The highest BCUT2D eigenvalue weighted by Crippen LogP contribution is 2.16. The number of rotatable bonds is 9. The predicted molar refractivity (Wildman–Crippen MR) is 120 cm³/mol. The molecule has 1 aromatic heterocycles. The summed E-state index contributed by atoms with van der Waals surface area (Å²) in [6, 6.07) is 16.8. The molecule has 1 N–H and O–H groups in total. The Kier molecular flexibility index (Phi) is 7.55. The molecule has 2 aromatic carbocycles. The minimum Gasteiger partial charge on any atom is -0.326 e. The van der Waals surface area contributed by atoms with Crippen molar-refractivity contribution in [2.75, 3.05) is 18.9 Å². The minimum atomic E-state index is -3.74. The van der Waals surface area contributed by atoms with Crippen molar-refractivity contribution in [3.05, 3.63) is 94.7 Å². The number of sulfonamides is 1. The van der Waals surface area contributed by atoms with E-state index in [4.69, 9.17) is 0 Å². The number of amides is 1. The molecule has 3 rings (SSSR count). The van der Waals surface area contributed by atoms with Crippen LogP contribution >= 0.6 is 0 Å². The molecule has 0 atom stereocenters. The lowest BCUT2D eigenvalue weighted by molar-refractivity contribution is -0.116. The summed E-state index contributed by atoms with van der Waals surface area (Å²) in [6.45, 7) is 0.584. The van der Waals surface area contributed by atoms with E-state index in [0.29, 0.717) is 18.7 Å². The molecule has 0 aliphatic carbocycles. The minimum absolute atomic E-state index is 0.00343. The fourth-order valence-electron chi connectivity index (χ4n) is 3.07. The van der Waals surface area contributed by atoms with Gasteiger partial charge in [0, 0.05) is 38.0 Å². The van der Waals surface area contributed by atoms with Gasteiger partial charge in [0.05, 0.1) is 11.4 Å². The SMILES string of the molecule is CN(CCCC(=O)Nc1ccc(Cn2ccccc2=O)cc1)S(=O)(=O)c1ccc(F)cc1. The molecule has 9 heteroatoms. The van der Waals surface area contributed by atoms with Gasteiger partial charge in [-0.25, -0.2) is 17.1 Å². The number of anilines is 1. The van der Waals surface area contributed by atoms with Crippen LogP contribution in [0.5, 0.6) is 0 Å². The first-order valence-corrected chi connectivity index (χ1v) is 11.5. The van der Waals surface area contributed by atoms with Gasteiger partial charge in [-0.05, 0) is 54.4 Å². The number of nitrogens with one attached hydrogen (secondary N) is 1. The van der Waals surface area contributed by atoms with Crippen molar-refractivity contribution < 1.29 is 17.6 Å². The summed E-state index contributed by atoms with van der Waals surface area (Å²) in [4.78, 5) is 24.0. The molecule has 1 heterocycles. The molecule has 0 radical (unpaired) electrons. The van der Waals surface area contributed by atoms with Crippen LogP contribution in [0.1, 0.15) is 18.4 Å². The smallest absolute Gasteiger partial charge is 0.250 e. The van der Waals surface area contributed by atoms with Crippen molar-refractivity contribution in [3.63, 3.8) is 0 Å². The monoisotopic (exact) mass is 457 g/mol. The second-order valence-corrected chi connectivity index (χ2v) is 9.34. The Hall–Kier alpha value is -3.30. The van der Waals surface area contributed by atoms with Crippen LogP contribution in [0.2, 0.25) is 0 Å². The molecule has 0 aliphatic heterocycles. The number of hydrogen-bond donors (Lipinski definition) is 1. The van der Waals surface area contributed by atoms with E-state index in [1.165, 1.54) is 25.2 Å². The zero-order valence-electron chi connectivity index (χ0n) is 17.6. The number of benzene rings is 2. The summed E-state index contributed by atoms with van der Waals surface area (Å²) in [5.74, 6) is -0.741. The van der Waals surface area contributed by atoms with Crippen molar-refractivity contribution in [1.82, 2.24) is 8.87 Å². The summed E-state index contributed by atoms with van der Waals surface area (Å²) in [7, 11) is -2.31. The van der Waals surface area contributed by atoms with E-state index < -0.39 is 15.8 Å². The van der Waals surface area contributed by atoms with Crippen LogP contribution < -0.4 is 10.9 Å². The van der Waals surface area contributed by atoms with E-state index in [-0.39, 0.29) is 29.3 Å².